The van der Waals surface area contributed by atoms with E-state index in [0.29, 0.717) is 11.3 Å². The molecular weight excluding hydrogens is 342 g/mol. The van der Waals surface area contributed by atoms with Crippen LogP contribution in [0.4, 0.5) is 5.69 Å². The quantitative estimate of drug-likeness (QED) is 0.459. The highest BCUT2D eigenvalue weighted by Gasteiger charge is 2.18. The Morgan fingerprint density at radius 1 is 1.16 bits per heavy atom. The molecule has 132 valence electrons. The van der Waals surface area contributed by atoms with Crippen LogP contribution in [0.15, 0.2) is 36.4 Å². The van der Waals surface area contributed by atoms with Gasteiger partial charge in [0, 0.05) is 11.6 Å². The van der Waals surface area contributed by atoms with Gasteiger partial charge in [-0.15, -0.1) is 0 Å². The predicted molar refractivity (Wildman–Crippen MR) is 97.5 cm³/mol. The molecule has 0 spiro atoms. The van der Waals surface area contributed by atoms with Gasteiger partial charge in [0.1, 0.15) is 11.3 Å². The Kier molecular flexibility index (Phi) is 6.42. The fourth-order valence-electron chi connectivity index (χ4n) is 2.34. The second-order valence-corrected chi connectivity index (χ2v) is 5.93. The number of anilines is 1. The monoisotopic (exact) mass is 361 g/mol. The third kappa shape index (κ3) is 4.73. The van der Waals surface area contributed by atoms with E-state index in [1.807, 2.05) is 12.1 Å². The molecule has 0 fully saturated rings. The number of hydrogen-bond acceptors (Lipinski definition) is 5. The Bertz CT molecular complexity index is 772. The van der Waals surface area contributed by atoms with Gasteiger partial charge >= 0.3 is 5.97 Å². The third-order valence-corrected chi connectivity index (χ3v) is 4.01. The number of nitrogens with two attached hydrogens (primary N) is 1. The van der Waals surface area contributed by atoms with Crippen molar-refractivity contribution in [3.05, 3.63) is 58.1 Å². The molecule has 0 atom stereocenters. The van der Waals surface area contributed by atoms with Gasteiger partial charge in [0.25, 0.3) is 0 Å². The zero-order valence-corrected chi connectivity index (χ0v) is 14.9. The van der Waals surface area contributed by atoms with Crippen LogP contribution in [-0.2, 0) is 11.2 Å². The molecule has 5 nitrogen and oxygen atoms in total. The normalized spacial score (nSPS) is 10.4. The topological polar surface area (TPSA) is 78.6 Å². The van der Waals surface area contributed by atoms with E-state index in [9.17, 15) is 9.59 Å². The first kappa shape index (κ1) is 18.8. The van der Waals surface area contributed by atoms with Crippen molar-refractivity contribution >= 4 is 29.0 Å². The number of aryl methyl sites for hydroxylation is 1. The highest BCUT2D eigenvalue weighted by Crippen LogP contribution is 2.29. The Balaban J connectivity index is 2.04. The maximum absolute atomic E-state index is 12.2. The summed E-state index contributed by atoms with van der Waals surface area (Å²) in [5, 5.41) is 0.214. The molecule has 0 aromatic heterocycles. The van der Waals surface area contributed by atoms with E-state index >= 15 is 0 Å². The summed E-state index contributed by atoms with van der Waals surface area (Å²) in [6.45, 7) is 1.73. The molecular formula is C19H20ClNO4. The van der Waals surface area contributed by atoms with Crippen molar-refractivity contribution in [3.8, 4) is 5.75 Å². The first-order valence-electron chi connectivity index (χ1n) is 7.88. The van der Waals surface area contributed by atoms with Gasteiger partial charge in [-0.25, -0.2) is 4.79 Å². The van der Waals surface area contributed by atoms with Gasteiger partial charge in [0.05, 0.1) is 17.8 Å². The Morgan fingerprint density at radius 3 is 2.44 bits per heavy atom. The average molecular weight is 362 g/mol. The molecule has 2 aromatic rings. The van der Waals surface area contributed by atoms with Gasteiger partial charge < -0.3 is 15.2 Å². The van der Waals surface area contributed by atoms with Crippen molar-refractivity contribution in [2.75, 3.05) is 19.5 Å². The molecule has 25 heavy (non-hydrogen) atoms. The Hall–Kier alpha value is -2.53. The fourth-order valence-corrected chi connectivity index (χ4v) is 2.50. The van der Waals surface area contributed by atoms with Crippen LogP contribution in [-0.4, -0.2) is 25.5 Å². The molecule has 0 aliphatic carbocycles. The van der Waals surface area contributed by atoms with Crippen molar-refractivity contribution in [1.82, 2.24) is 0 Å². The SMILES string of the molecule is CCCc1ccc(C(=O)COC(=O)c2cc(Cl)c(N)cc2OC)cc1. The zero-order valence-electron chi connectivity index (χ0n) is 14.2. The lowest BCUT2D eigenvalue weighted by atomic mass is 10.1. The van der Waals surface area contributed by atoms with Gasteiger partial charge in [-0.05, 0) is 18.1 Å². The van der Waals surface area contributed by atoms with E-state index in [4.69, 9.17) is 26.8 Å². The number of esters is 1. The van der Waals surface area contributed by atoms with E-state index in [2.05, 4.69) is 6.92 Å². The largest absolute Gasteiger partial charge is 0.496 e. The number of halogens is 1. The van der Waals surface area contributed by atoms with Crippen LogP contribution in [0.2, 0.25) is 5.02 Å². The predicted octanol–water partition coefficient (Wildman–Crippen LogP) is 3.92. The van der Waals surface area contributed by atoms with E-state index in [1.54, 1.807) is 12.1 Å². The van der Waals surface area contributed by atoms with Crippen LogP contribution in [0.5, 0.6) is 5.75 Å². The van der Waals surface area contributed by atoms with Gasteiger partial charge in [-0.3, -0.25) is 4.79 Å². The minimum absolute atomic E-state index is 0.118. The maximum Gasteiger partial charge on any atom is 0.342 e. The lowest BCUT2D eigenvalue weighted by Gasteiger charge is -2.10. The number of ketones is 1. The first-order chi connectivity index (χ1) is 12.0. The molecule has 0 unspecified atom stereocenters. The highest BCUT2D eigenvalue weighted by atomic mass is 35.5. The molecule has 0 aliphatic rings. The summed E-state index contributed by atoms with van der Waals surface area (Å²) < 4.78 is 10.2. The summed E-state index contributed by atoms with van der Waals surface area (Å²) in [6, 6.07) is 10.1. The highest BCUT2D eigenvalue weighted by molar-refractivity contribution is 6.33. The number of Topliss-reactive ketones (excluding diaryl/α,β-unsaturated/α-hetero) is 1. The summed E-state index contributed by atoms with van der Waals surface area (Å²) in [7, 11) is 1.41. The average Bonchev–Trinajstić information content (AvgIpc) is 2.62. The van der Waals surface area contributed by atoms with Crippen molar-refractivity contribution in [3.63, 3.8) is 0 Å². The number of benzene rings is 2. The zero-order chi connectivity index (χ0) is 18.4. The number of hydrogen-bond donors (Lipinski definition) is 1. The number of ether oxygens (including phenoxy) is 2. The molecule has 2 N–H and O–H groups in total. The summed E-state index contributed by atoms with van der Waals surface area (Å²) in [6.07, 6.45) is 2.00. The summed E-state index contributed by atoms with van der Waals surface area (Å²) >= 11 is 5.93. The van der Waals surface area contributed by atoms with Crippen molar-refractivity contribution in [1.29, 1.82) is 0 Å². The van der Waals surface area contributed by atoms with Crippen LogP contribution < -0.4 is 10.5 Å². The minimum atomic E-state index is -0.699. The maximum atomic E-state index is 12.2. The summed E-state index contributed by atoms with van der Waals surface area (Å²) in [5.41, 5.74) is 7.75. The Morgan fingerprint density at radius 2 is 1.84 bits per heavy atom. The van der Waals surface area contributed by atoms with Crippen LogP contribution in [0.3, 0.4) is 0 Å². The standard InChI is InChI=1S/C19H20ClNO4/c1-3-4-12-5-7-13(8-6-12)17(22)11-25-19(23)14-9-15(20)16(21)10-18(14)24-2/h5-10H,3-4,11,21H2,1-2H3. The molecule has 2 rings (SSSR count). The van der Waals surface area contributed by atoms with Gasteiger partial charge in [0.2, 0.25) is 0 Å². The molecule has 0 saturated carbocycles. The van der Waals surface area contributed by atoms with E-state index in [0.717, 1.165) is 18.4 Å². The Labute approximate surface area is 151 Å². The number of carbonyl (C=O) groups is 2. The van der Waals surface area contributed by atoms with E-state index in [1.165, 1.54) is 19.2 Å². The van der Waals surface area contributed by atoms with Gasteiger partial charge in [-0.1, -0.05) is 49.2 Å². The fraction of sp³-hybridized carbons (Fsp3) is 0.263. The van der Waals surface area contributed by atoms with Crippen LogP contribution in [0.1, 0.15) is 39.6 Å². The number of methoxy groups -OCH3 is 1. The number of rotatable bonds is 7. The lowest BCUT2D eigenvalue weighted by Crippen LogP contribution is -2.15. The molecule has 0 saturated heterocycles. The second-order valence-electron chi connectivity index (χ2n) is 5.52. The van der Waals surface area contributed by atoms with Crippen molar-refractivity contribution in [2.24, 2.45) is 0 Å². The van der Waals surface area contributed by atoms with Crippen molar-refractivity contribution < 1.29 is 19.1 Å². The van der Waals surface area contributed by atoms with Crippen LogP contribution in [0.25, 0.3) is 0 Å². The third-order valence-electron chi connectivity index (χ3n) is 3.69. The molecule has 0 bridgehead atoms. The molecule has 0 amide bonds. The lowest BCUT2D eigenvalue weighted by molar-refractivity contribution is 0.0471. The van der Waals surface area contributed by atoms with E-state index in [-0.39, 0.29) is 28.7 Å². The summed E-state index contributed by atoms with van der Waals surface area (Å²) in [5.74, 6) is -0.741. The molecule has 0 heterocycles. The number of carbonyl (C=O) groups excluding carboxylic acids is 2. The summed E-state index contributed by atoms with van der Waals surface area (Å²) in [4.78, 5) is 24.4. The molecule has 0 aliphatic heterocycles. The smallest absolute Gasteiger partial charge is 0.342 e. The van der Waals surface area contributed by atoms with E-state index < -0.39 is 5.97 Å². The van der Waals surface area contributed by atoms with Crippen molar-refractivity contribution in [2.45, 2.75) is 19.8 Å². The minimum Gasteiger partial charge on any atom is -0.496 e. The molecule has 2 aromatic carbocycles. The number of nitrogen functional groups attached to an aromatic ring is 1. The van der Waals surface area contributed by atoms with Crippen LogP contribution in [0, 0.1) is 0 Å². The van der Waals surface area contributed by atoms with Gasteiger partial charge in [-0.2, -0.15) is 0 Å². The molecule has 0 radical (unpaired) electrons. The van der Waals surface area contributed by atoms with Crippen LogP contribution >= 0.6 is 11.6 Å². The molecule has 6 heteroatoms. The second kappa shape index (κ2) is 8.53. The first-order valence-corrected chi connectivity index (χ1v) is 8.26. The van der Waals surface area contributed by atoms with Gasteiger partial charge in [0.15, 0.2) is 12.4 Å².